The summed E-state index contributed by atoms with van der Waals surface area (Å²) in [6.07, 6.45) is 0. The van der Waals surface area contributed by atoms with Crippen molar-refractivity contribution in [3.8, 4) is 11.5 Å². The molecule has 176 valence electrons. The summed E-state index contributed by atoms with van der Waals surface area (Å²) in [5, 5.41) is 3.15. The first-order chi connectivity index (χ1) is 15.8. The van der Waals surface area contributed by atoms with Gasteiger partial charge in [0.25, 0.3) is 0 Å². The molecule has 0 bridgehead atoms. The summed E-state index contributed by atoms with van der Waals surface area (Å²) >= 11 is 6.56. The molecule has 0 unspecified atom stereocenters. The Bertz CT molecular complexity index is 1140. The fourth-order valence-corrected chi connectivity index (χ4v) is 3.53. The lowest BCUT2D eigenvalue weighted by Crippen LogP contribution is -2.18. The Kier molecular flexibility index (Phi) is 8.39. The fourth-order valence-electron chi connectivity index (χ4n) is 3.27. The van der Waals surface area contributed by atoms with Crippen LogP contribution in [0.2, 0.25) is 5.02 Å². The van der Waals surface area contributed by atoms with Crippen molar-refractivity contribution in [1.29, 1.82) is 0 Å². The Morgan fingerprint density at radius 1 is 0.727 bits per heavy atom. The maximum Gasteiger partial charge on any atom is 0.344 e. The molecule has 0 N–H and O–H groups in total. The molecule has 0 spiro atoms. The van der Waals surface area contributed by atoms with E-state index in [2.05, 4.69) is 0 Å². The number of benzene rings is 3. The van der Waals surface area contributed by atoms with Crippen molar-refractivity contribution >= 4 is 45.1 Å². The van der Waals surface area contributed by atoms with Crippen LogP contribution in [0.25, 0.3) is 21.5 Å². The highest BCUT2D eigenvalue weighted by atomic mass is 35.5. The van der Waals surface area contributed by atoms with Crippen LogP contribution in [0.5, 0.6) is 11.5 Å². The molecule has 0 fully saturated rings. The van der Waals surface area contributed by atoms with Crippen LogP contribution in [-0.4, -0.2) is 38.4 Å². The third-order valence-electron chi connectivity index (χ3n) is 4.73. The summed E-state index contributed by atoms with van der Waals surface area (Å²) < 4.78 is 22.4. The van der Waals surface area contributed by atoms with Crippen molar-refractivity contribution < 1.29 is 28.5 Å². The van der Waals surface area contributed by atoms with Gasteiger partial charge in [-0.25, -0.2) is 9.59 Å². The molecule has 3 aromatic rings. The zero-order valence-electron chi connectivity index (χ0n) is 19.4. The highest BCUT2D eigenvalue weighted by Crippen LogP contribution is 2.45. The van der Waals surface area contributed by atoms with Crippen molar-refractivity contribution in [3.05, 3.63) is 47.5 Å². The van der Waals surface area contributed by atoms with E-state index in [1.807, 2.05) is 58.0 Å². The largest absolute Gasteiger partial charge is 0.481 e. The normalized spacial score (nSPS) is 11.2. The summed E-state index contributed by atoms with van der Waals surface area (Å²) in [5.74, 6) is 0.519. The fraction of sp³-hybridized carbons (Fsp3) is 0.385. The van der Waals surface area contributed by atoms with Gasteiger partial charge in [0.1, 0.15) is 11.5 Å². The zero-order chi connectivity index (χ0) is 24.0. The molecule has 0 atom stereocenters. The monoisotopic (exact) mass is 472 g/mol. The van der Waals surface area contributed by atoms with Gasteiger partial charge in [-0.1, -0.05) is 75.7 Å². The van der Waals surface area contributed by atoms with Crippen molar-refractivity contribution in [2.24, 2.45) is 11.8 Å². The van der Waals surface area contributed by atoms with Crippen LogP contribution in [0.15, 0.2) is 42.5 Å². The van der Waals surface area contributed by atoms with Crippen LogP contribution in [0.1, 0.15) is 27.7 Å². The smallest absolute Gasteiger partial charge is 0.344 e. The molecule has 3 rings (SSSR count). The first-order valence-electron chi connectivity index (χ1n) is 11.0. The number of ether oxygens (including phenoxy) is 4. The Balaban J connectivity index is 1.98. The summed E-state index contributed by atoms with van der Waals surface area (Å²) in [6.45, 7) is 8.03. The lowest BCUT2D eigenvalue weighted by Gasteiger charge is -2.18. The molecule has 0 heterocycles. The van der Waals surface area contributed by atoms with Crippen molar-refractivity contribution in [3.63, 3.8) is 0 Å². The number of carbonyl (C=O) groups excluding carboxylic acids is 2. The first-order valence-corrected chi connectivity index (χ1v) is 11.4. The number of carbonyl (C=O) groups is 2. The number of fused-ring (bicyclic) bond motifs is 2. The highest BCUT2D eigenvalue weighted by molar-refractivity contribution is 6.37. The minimum Gasteiger partial charge on any atom is -0.481 e. The number of hydrogen-bond donors (Lipinski definition) is 0. The van der Waals surface area contributed by atoms with Crippen LogP contribution in [0, 0.1) is 11.8 Å². The Morgan fingerprint density at radius 2 is 1.21 bits per heavy atom. The standard InChI is InChI=1S/C26H29ClO6/c1-16(2)12-30-22(28)14-32-25-18-8-5-6-9-19(18)26(24-20(25)10-7-11-21(24)27)33-15-23(29)31-13-17(3)4/h5-11,16-17H,12-15H2,1-4H3. The number of halogens is 1. The molecule has 0 radical (unpaired) electrons. The van der Waals surface area contributed by atoms with Crippen LogP contribution < -0.4 is 9.47 Å². The second-order valence-electron chi connectivity index (χ2n) is 8.60. The van der Waals surface area contributed by atoms with E-state index in [-0.39, 0.29) is 25.0 Å². The third kappa shape index (κ3) is 6.29. The molecule has 0 saturated heterocycles. The molecule has 6 nitrogen and oxygen atoms in total. The van der Waals surface area contributed by atoms with E-state index in [4.69, 9.17) is 30.5 Å². The predicted octanol–water partition coefficient (Wildman–Crippen LogP) is 5.80. The second-order valence-corrected chi connectivity index (χ2v) is 9.00. The molecular formula is C26H29ClO6. The molecule has 0 aromatic heterocycles. The highest BCUT2D eigenvalue weighted by Gasteiger charge is 2.20. The van der Waals surface area contributed by atoms with E-state index < -0.39 is 11.9 Å². The topological polar surface area (TPSA) is 71.1 Å². The van der Waals surface area contributed by atoms with Gasteiger partial charge in [-0.05, 0) is 17.9 Å². The Hall–Kier alpha value is -2.99. The van der Waals surface area contributed by atoms with E-state index in [1.165, 1.54) is 0 Å². The van der Waals surface area contributed by atoms with Crippen LogP contribution >= 0.6 is 11.6 Å². The van der Waals surface area contributed by atoms with Gasteiger partial charge in [0.05, 0.1) is 18.2 Å². The average molecular weight is 473 g/mol. The molecule has 0 saturated carbocycles. The minimum atomic E-state index is -0.457. The molecule has 3 aromatic carbocycles. The predicted molar refractivity (Wildman–Crippen MR) is 129 cm³/mol. The van der Waals surface area contributed by atoms with Crippen LogP contribution in [0.4, 0.5) is 0 Å². The second kappa shape index (κ2) is 11.2. The van der Waals surface area contributed by atoms with Gasteiger partial charge in [0.15, 0.2) is 13.2 Å². The Labute approximate surface area is 198 Å². The maximum absolute atomic E-state index is 12.2. The van der Waals surface area contributed by atoms with E-state index in [9.17, 15) is 9.59 Å². The van der Waals surface area contributed by atoms with Gasteiger partial charge in [0, 0.05) is 21.5 Å². The maximum atomic E-state index is 12.2. The summed E-state index contributed by atoms with van der Waals surface area (Å²) in [7, 11) is 0. The summed E-state index contributed by atoms with van der Waals surface area (Å²) in [6, 6.07) is 12.8. The first kappa shape index (κ1) is 24.6. The van der Waals surface area contributed by atoms with Gasteiger partial charge in [-0.15, -0.1) is 0 Å². The molecule has 0 aliphatic carbocycles. The molecular weight excluding hydrogens is 444 g/mol. The molecule has 7 heteroatoms. The van der Waals surface area contributed by atoms with E-state index in [0.717, 1.165) is 5.39 Å². The number of rotatable bonds is 10. The van der Waals surface area contributed by atoms with Crippen molar-refractivity contribution in [2.75, 3.05) is 26.4 Å². The van der Waals surface area contributed by atoms with E-state index in [1.54, 1.807) is 12.1 Å². The van der Waals surface area contributed by atoms with Crippen LogP contribution in [-0.2, 0) is 19.1 Å². The van der Waals surface area contributed by atoms with Gasteiger partial charge in [-0.3, -0.25) is 0 Å². The quantitative estimate of drug-likeness (QED) is 0.274. The van der Waals surface area contributed by atoms with E-state index in [0.29, 0.717) is 45.9 Å². The van der Waals surface area contributed by atoms with Gasteiger partial charge in [-0.2, -0.15) is 0 Å². The number of esters is 2. The van der Waals surface area contributed by atoms with Crippen molar-refractivity contribution in [2.45, 2.75) is 27.7 Å². The zero-order valence-corrected chi connectivity index (χ0v) is 20.1. The lowest BCUT2D eigenvalue weighted by molar-refractivity contribution is -0.147. The van der Waals surface area contributed by atoms with Gasteiger partial charge >= 0.3 is 11.9 Å². The van der Waals surface area contributed by atoms with Gasteiger partial charge < -0.3 is 18.9 Å². The Morgan fingerprint density at radius 3 is 1.76 bits per heavy atom. The third-order valence-corrected chi connectivity index (χ3v) is 5.04. The number of hydrogen-bond acceptors (Lipinski definition) is 6. The molecule has 33 heavy (non-hydrogen) atoms. The molecule has 0 aliphatic rings. The minimum absolute atomic E-state index is 0.230. The average Bonchev–Trinajstić information content (AvgIpc) is 2.78. The van der Waals surface area contributed by atoms with E-state index >= 15 is 0 Å². The molecule has 0 amide bonds. The summed E-state index contributed by atoms with van der Waals surface area (Å²) in [5.41, 5.74) is 0. The summed E-state index contributed by atoms with van der Waals surface area (Å²) in [4.78, 5) is 24.3. The molecule has 0 aliphatic heterocycles. The lowest BCUT2D eigenvalue weighted by atomic mass is 10.0. The SMILES string of the molecule is CC(C)COC(=O)COc1c2ccccc2c(OCC(=O)OCC(C)C)c2c(Cl)cccc12. The van der Waals surface area contributed by atoms with Crippen LogP contribution in [0.3, 0.4) is 0 Å². The van der Waals surface area contributed by atoms with Gasteiger partial charge in [0.2, 0.25) is 0 Å². The van der Waals surface area contributed by atoms with Crippen molar-refractivity contribution in [1.82, 2.24) is 0 Å².